The highest BCUT2D eigenvalue weighted by Crippen LogP contribution is 2.43. The summed E-state index contributed by atoms with van der Waals surface area (Å²) in [6, 6.07) is 2.46. The first-order valence-corrected chi connectivity index (χ1v) is 9.02. The molecule has 0 unspecified atom stereocenters. The molecule has 0 saturated heterocycles. The van der Waals surface area contributed by atoms with Gasteiger partial charge in [0.05, 0.1) is 22.9 Å². The van der Waals surface area contributed by atoms with Gasteiger partial charge >= 0.3 is 6.18 Å². The zero-order valence-corrected chi connectivity index (χ0v) is 16.7. The lowest BCUT2D eigenvalue weighted by Gasteiger charge is -2.18. The van der Waals surface area contributed by atoms with Crippen molar-refractivity contribution < 1.29 is 22.6 Å². The number of rotatable bonds is 9. The molecule has 0 aliphatic heterocycles. The maximum Gasteiger partial charge on any atom is 0.418 e. The largest absolute Gasteiger partial charge is 0.490 e. The molecule has 1 aromatic carbocycles. The van der Waals surface area contributed by atoms with Gasteiger partial charge in [-0.05, 0) is 26.1 Å². The molecule has 28 heavy (non-hydrogen) atoms. The average molecular weight is 421 g/mol. The zero-order valence-electron chi connectivity index (χ0n) is 16.0. The Hall–Kier alpha value is -1.81. The molecule has 2 rings (SSSR count). The average Bonchev–Trinajstić information content (AvgIpc) is 2.96. The standard InChI is InChI=1S/C18H24ClF3N4O2/c1-11-13(10-26(2)5-4-23)17(25-24-11)12-8-14(18(20,21)22)16(19)15(9-12)28-7-6-27-3/h8-9H,4-7,10,23H2,1-3H3,(H,24,25). The number of ether oxygens (including phenoxy) is 2. The molecule has 156 valence electrons. The molecule has 1 aromatic heterocycles. The van der Waals surface area contributed by atoms with Crippen LogP contribution in [0.5, 0.6) is 5.75 Å². The van der Waals surface area contributed by atoms with E-state index in [1.807, 2.05) is 18.9 Å². The molecular formula is C18H24ClF3N4O2. The van der Waals surface area contributed by atoms with Crippen LogP contribution in [0.3, 0.4) is 0 Å². The summed E-state index contributed by atoms with van der Waals surface area (Å²) in [6.45, 7) is 3.71. The van der Waals surface area contributed by atoms with Crippen LogP contribution in [0.4, 0.5) is 13.2 Å². The fourth-order valence-electron chi connectivity index (χ4n) is 2.73. The number of nitrogens with one attached hydrogen (secondary N) is 1. The fraction of sp³-hybridized carbons (Fsp3) is 0.500. The van der Waals surface area contributed by atoms with Gasteiger partial charge in [-0.3, -0.25) is 5.10 Å². The van der Waals surface area contributed by atoms with Crippen molar-refractivity contribution in [1.29, 1.82) is 0 Å². The zero-order chi connectivity index (χ0) is 20.9. The minimum Gasteiger partial charge on any atom is -0.490 e. The Labute approximate surface area is 166 Å². The van der Waals surface area contributed by atoms with E-state index in [2.05, 4.69) is 10.2 Å². The van der Waals surface area contributed by atoms with E-state index in [0.717, 1.165) is 17.3 Å². The third kappa shape index (κ3) is 5.38. The summed E-state index contributed by atoms with van der Waals surface area (Å²) in [5.41, 5.74) is 6.84. The number of H-pyrrole nitrogens is 1. The molecule has 0 atom stereocenters. The van der Waals surface area contributed by atoms with E-state index in [1.165, 1.54) is 13.2 Å². The van der Waals surface area contributed by atoms with Crippen molar-refractivity contribution in [2.75, 3.05) is 40.5 Å². The smallest absolute Gasteiger partial charge is 0.418 e. The van der Waals surface area contributed by atoms with E-state index in [-0.39, 0.29) is 24.5 Å². The summed E-state index contributed by atoms with van der Waals surface area (Å²) < 4.78 is 50.8. The summed E-state index contributed by atoms with van der Waals surface area (Å²) in [4.78, 5) is 1.97. The Morgan fingerprint density at radius 2 is 2.00 bits per heavy atom. The van der Waals surface area contributed by atoms with Gasteiger partial charge < -0.3 is 20.1 Å². The molecule has 3 N–H and O–H groups in total. The molecule has 0 spiro atoms. The second-order valence-electron chi connectivity index (χ2n) is 6.38. The summed E-state index contributed by atoms with van der Waals surface area (Å²) in [5.74, 6) is -0.0644. The van der Waals surface area contributed by atoms with Crippen molar-refractivity contribution in [2.24, 2.45) is 5.73 Å². The number of benzene rings is 1. The topological polar surface area (TPSA) is 76.4 Å². The van der Waals surface area contributed by atoms with Crippen molar-refractivity contribution in [1.82, 2.24) is 15.1 Å². The van der Waals surface area contributed by atoms with E-state index >= 15 is 0 Å². The highest BCUT2D eigenvalue weighted by Gasteiger charge is 2.35. The number of aromatic amines is 1. The van der Waals surface area contributed by atoms with Crippen molar-refractivity contribution >= 4 is 11.6 Å². The Kier molecular flexibility index (Phi) is 7.70. The predicted octanol–water partition coefficient (Wildman–Crippen LogP) is 3.47. The summed E-state index contributed by atoms with van der Waals surface area (Å²) in [5, 5.41) is 6.58. The van der Waals surface area contributed by atoms with E-state index in [9.17, 15) is 13.2 Å². The maximum atomic E-state index is 13.5. The minimum atomic E-state index is -4.63. The van der Waals surface area contributed by atoms with Crippen LogP contribution in [0.2, 0.25) is 5.02 Å². The molecule has 0 aliphatic rings. The van der Waals surface area contributed by atoms with Crippen LogP contribution in [-0.4, -0.2) is 55.6 Å². The van der Waals surface area contributed by atoms with Crippen LogP contribution in [0.25, 0.3) is 11.3 Å². The van der Waals surface area contributed by atoms with Gasteiger partial charge in [0.1, 0.15) is 12.4 Å². The van der Waals surface area contributed by atoms with Crippen molar-refractivity contribution in [3.8, 4) is 17.0 Å². The Morgan fingerprint density at radius 3 is 2.61 bits per heavy atom. The number of nitrogens with two attached hydrogens (primary N) is 1. The van der Waals surface area contributed by atoms with Crippen molar-refractivity contribution in [2.45, 2.75) is 19.6 Å². The monoisotopic (exact) mass is 420 g/mol. The molecular weight excluding hydrogens is 397 g/mol. The number of hydrogen-bond donors (Lipinski definition) is 2. The van der Waals surface area contributed by atoms with Gasteiger partial charge in [0.25, 0.3) is 0 Å². The number of hydrogen-bond acceptors (Lipinski definition) is 5. The molecule has 2 aromatic rings. The number of alkyl halides is 3. The molecule has 0 fully saturated rings. The summed E-state index contributed by atoms with van der Waals surface area (Å²) in [7, 11) is 3.35. The lowest BCUT2D eigenvalue weighted by Crippen LogP contribution is -2.25. The first-order chi connectivity index (χ1) is 13.2. The van der Waals surface area contributed by atoms with Crippen LogP contribution in [0.1, 0.15) is 16.8 Å². The third-order valence-electron chi connectivity index (χ3n) is 4.18. The number of nitrogens with zero attached hydrogens (tertiary/aromatic N) is 2. The van der Waals surface area contributed by atoms with Crippen molar-refractivity contribution in [3.63, 3.8) is 0 Å². The first-order valence-electron chi connectivity index (χ1n) is 8.64. The summed E-state index contributed by atoms with van der Waals surface area (Å²) in [6.07, 6.45) is -4.63. The molecule has 10 heteroatoms. The first kappa shape index (κ1) is 22.5. The highest BCUT2D eigenvalue weighted by atomic mass is 35.5. The number of halogens is 4. The lowest BCUT2D eigenvalue weighted by atomic mass is 10.0. The van der Waals surface area contributed by atoms with Gasteiger partial charge in [-0.2, -0.15) is 18.3 Å². The Balaban J connectivity index is 2.52. The Morgan fingerprint density at radius 1 is 1.29 bits per heavy atom. The van der Waals surface area contributed by atoms with Crippen LogP contribution in [-0.2, 0) is 17.5 Å². The second-order valence-corrected chi connectivity index (χ2v) is 6.76. The molecule has 0 aliphatic carbocycles. The van der Waals surface area contributed by atoms with E-state index in [0.29, 0.717) is 25.3 Å². The van der Waals surface area contributed by atoms with E-state index in [1.54, 1.807) is 0 Å². The second kappa shape index (κ2) is 9.60. The molecule has 6 nitrogen and oxygen atoms in total. The number of aromatic nitrogens is 2. The number of aryl methyl sites for hydroxylation is 1. The highest BCUT2D eigenvalue weighted by molar-refractivity contribution is 6.33. The quantitative estimate of drug-likeness (QED) is 0.607. The minimum absolute atomic E-state index is 0.0644. The van der Waals surface area contributed by atoms with Gasteiger partial charge in [0.15, 0.2) is 0 Å². The summed E-state index contributed by atoms with van der Waals surface area (Å²) >= 11 is 5.97. The van der Waals surface area contributed by atoms with Crippen molar-refractivity contribution in [3.05, 3.63) is 34.0 Å². The Bertz CT molecular complexity index is 796. The molecule has 0 amide bonds. The molecule has 0 radical (unpaired) electrons. The van der Waals surface area contributed by atoms with Crippen LogP contribution < -0.4 is 10.5 Å². The van der Waals surface area contributed by atoms with Gasteiger partial charge in [-0.1, -0.05) is 11.6 Å². The maximum absolute atomic E-state index is 13.5. The van der Waals surface area contributed by atoms with Crippen LogP contribution in [0.15, 0.2) is 12.1 Å². The lowest BCUT2D eigenvalue weighted by molar-refractivity contribution is -0.137. The van der Waals surface area contributed by atoms with Gasteiger partial charge in [-0.15, -0.1) is 0 Å². The fourth-order valence-corrected chi connectivity index (χ4v) is 3.01. The van der Waals surface area contributed by atoms with Gasteiger partial charge in [0.2, 0.25) is 0 Å². The third-order valence-corrected chi connectivity index (χ3v) is 4.57. The molecule has 0 saturated carbocycles. The predicted molar refractivity (Wildman–Crippen MR) is 102 cm³/mol. The molecule has 0 bridgehead atoms. The SMILES string of the molecule is COCCOc1cc(-c2n[nH]c(C)c2CN(C)CCN)cc(C(F)(F)F)c1Cl. The molecule has 1 heterocycles. The number of methoxy groups -OCH3 is 1. The van der Waals surface area contributed by atoms with Crippen LogP contribution >= 0.6 is 11.6 Å². The normalized spacial score (nSPS) is 12.0. The number of likely N-dealkylation sites (N-methyl/N-ethyl adjacent to an activating group) is 1. The van der Waals surface area contributed by atoms with Gasteiger partial charge in [-0.25, -0.2) is 0 Å². The van der Waals surface area contributed by atoms with E-state index < -0.39 is 16.8 Å². The van der Waals surface area contributed by atoms with Crippen LogP contribution in [0, 0.1) is 6.92 Å². The van der Waals surface area contributed by atoms with Gasteiger partial charge in [0, 0.05) is 43.6 Å². The van der Waals surface area contributed by atoms with E-state index in [4.69, 9.17) is 26.8 Å².